The van der Waals surface area contributed by atoms with Gasteiger partial charge in [-0.2, -0.15) is 0 Å². The predicted octanol–water partition coefficient (Wildman–Crippen LogP) is 4.11. The van der Waals surface area contributed by atoms with Crippen LogP contribution in [-0.2, 0) is 11.3 Å². The van der Waals surface area contributed by atoms with Gasteiger partial charge in [-0.1, -0.05) is 30.3 Å². The molecule has 1 aliphatic rings. The molecule has 0 radical (unpaired) electrons. The molecule has 0 aliphatic carbocycles. The Morgan fingerprint density at radius 2 is 1.96 bits per heavy atom. The smallest absolute Gasteiger partial charge is 0.220 e. The molecule has 2 aromatic carbocycles. The van der Waals surface area contributed by atoms with Crippen LogP contribution in [0.1, 0.15) is 37.2 Å². The van der Waals surface area contributed by atoms with Crippen molar-refractivity contribution in [1.82, 2.24) is 14.5 Å². The van der Waals surface area contributed by atoms with Crippen molar-refractivity contribution in [2.24, 2.45) is 0 Å². The van der Waals surface area contributed by atoms with E-state index in [0.717, 1.165) is 47.6 Å². The molecule has 0 N–H and O–H groups in total. The molecule has 0 saturated carbocycles. The van der Waals surface area contributed by atoms with Gasteiger partial charge < -0.3 is 14.2 Å². The number of benzene rings is 2. The van der Waals surface area contributed by atoms with E-state index in [1.807, 2.05) is 41.3 Å². The van der Waals surface area contributed by atoms with Crippen molar-refractivity contribution >= 4 is 16.9 Å². The van der Waals surface area contributed by atoms with Crippen LogP contribution in [0.4, 0.5) is 0 Å². The highest BCUT2D eigenvalue weighted by atomic mass is 16.5. The van der Waals surface area contributed by atoms with Crippen LogP contribution in [0.25, 0.3) is 11.0 Å². The standard InChI is InChI=1S/C22H25N3O2/c1-16-8-3-6-12-21(16)27-15-14-25-19-10-5-4-9-18(19)23-22(25)20-11-7-13-24(20)17(2)26/h3-6,8-10,12,20H,7,11,13-15H2,1-2H3/t20-/m0/s1. The second kappa shape index (κ2) is 7.43. The van der Waals surface area contributed by atoms with Crippen molar-refractivity contribution in [3.05, 3.63) is 59.9 Å². The number of amides is 1. The number of imidazole rings is 1. The molecule has 3 aromatic rings. The lowest BCUT2D eigenvalue weighted by Gasteiger charge is -2.24. The molecule has 2 heterocycles. The summed E-state index contributed by atoms with van der Waals surface area (Å²) in [6.07, 6.45) is 1.98. The molecule has 1 aliphatic heterocycles. The van der Waals surface area contributed by atoms with Crippen LogP contribution >= 0.6 is 0 Å². The molecule has 1 fully saturated rings. The Morgan fingerprint density at radius 3 is 2.78 bits per heavy atom. The van der Waals surface area contributed by atoms with Gasteiger partial charge in [0.15, 0.2) is 0 Å². The third-order valence-electron chi connectivity index (χ3n) is 5.31. The van der Waals surface area contributed by atoms with E-state index in [2.05, 4.69) is 23.6 Å². The quantitative estimate of drug-likeness (QED) is 0.685. The summed E-state index contributed by atoms with van der Waals surface area (Å²) in [4.78, 5) is 18.9. The summed E-state index contributed by atoms with van der Waals surface area (Å²) in [5.41, 5.74) is 3.20. The molecule has 140 valence electrons. The number of para-hydroxylation sites is 3. The second-order valence-electron chi connectivity index (χ2n) is 7.09. The molecule has 5 heteroatoms. The number of hydrogen-bond acceptors (Lipinski definition) is 3. The summed E-state index contributed by atoms with van der Waals surface area (Å²) in [6.45, 7) is 5.77. The lowest BCUT2D eigenvalue weighted by atomic mass is 10.2. The highest BCUT2D eigenvalue weighted by Gasteiger charge is 2.32. The second-order valence-corrected chi connectivity index (χ2v) is 7.09. The van der Waals surface area contributed by atoms with Gasteiger partial charge in [-0.05, 0) is 43.5 Å². The van der Waals surface area contributed by atoms with Crippen LogP contribution in [0.15, 0.2) is 48.5 Å². The summed E-state index contributed by atoms with van der Waals surface area (Å²) >= 11 is 0. The van der Waals surface area contributed by atoms with Gasteiger partial charge in [0, 0.05) is 13.5 Å². The maximum atomic E-state index is 12.1. The lowest BCUT2D eigenvalue weighted by Crippen LogP contribution is -2.30. The molecule has 0 spiro atoms. The van der Waals surface area contributed by atoms with Gasteiger partial charge in [-0.3, -0.25) is 4.79 Å². The van der Waals surface area contributed by atoms with E-state index < -0.39 is 0 Å². The first kappa shape index (κ1) is 17.6. The maximum Gasteiger partial charge on any atom is 0.220 e. The van der Waals surface area contributed by atoms with Crippen molar-refractivity contribution in [1.29, 1.82) is 0 Å². The fraction of sp³-hybridized carbons (Fsp3) is 0.364. The minimum Gasteiger partial charge on any atom is -0.491 e. The summed E-state index contributed by atoms with van der Waals surface area (Å²) in [6, 6.07) is 16.3. The fourth-order valence-corrected chi connectivity index (χ4v) is 3.96. The van der Waals surface area contributed by atoms with E-state index in [-0.39, 0.29) is 11.9 Å². The van der Waals surface area contributed by atoms with Gasteiger partial charge in [-0.15, -0.1) is 0 Å². The molecule has 0 bridgehead atoms. The van der Waals surface area contributed by atoms with Gasteiger partial charge in [-0.25, -0.2) is 4.98 Å². The van der Waals surface area contributed by atoms with E-state index >= 15 is 0 Å². The Morgan fingerprint density at radius 1 is 1.19 bits per heavy atom. The SMILES string of the molecule is CC(=O)N1CCC[C@H]1c1nc2ccccc2n1CCOc1ccccc1C. The van der Waals surface area contributed by atoms with Crippen LogP contribution in [0.3, 0.4) is 0 Å². The van der Waals surface area contributed by atoms with Gasteiger partial charge in [0.05, 0.1) is 23.6 Å². The zero-order valence-corrected chi connectivity index (χ0v) is 15.9. The zero-order valence-electron chi connectivity index (χ0n) is 15.9. The number of nitrogens with zero attached hydrogens (tertiary/aromatic N) is 3. The Hall–Kier alpha value is -2.82. The molecule has 1 atom stereocenters. The van der Waals surface area contributed by atoms with Crippen LogP contribution in [0.2, 0.25) is 0 Å². The summed E-state index contributed by atoms with van der Waals surface area (Å²) in [5, 5.41) is 0. The number of carbonyl (C=O) groups is 1. The third kappa shape index (κ3) is 3.42. The van der Waals surface area contributed by atoms with Crippen molar-refractivity contribution in [3.63, 3.8) is 0 Å². The summed E-state index contributed by atoms with van der Waals surface area (Å²) in [7, 11) is 0. The van der Waals surface area contributed by atoms with Gasteiger partial charge >= 0.3 is 0 Å². The van der Waals surface area contributed by atoms with Crippen LogP contribution in [0.5, 0.6) is 5.75 Å². The van der Waals surface area contributed by atoms with E-state index in [9.17, 15) is 4.79 Å². The average molecular weight is 363 g/mol. The first-order valence-electron chi connectivity index (χ1n) is 9.56. The molecule has 27 heavy (non-hydrogen) atoms. The van der Waals surface area contributed by atoms with E-state index in [1.54, 1.807) is 6.92 Å². The molecule has 5 nitrogen and oxygen atoms in total. The molecular weight excluding hydrogens is 338 g/mol. The predicted molar refractivity (Wildman–Crippen MR) is 106 cm³/mol. The molecule has 1 saturated heterocycles. The van der Waals surface area contributed by atoms with Gasteiger partial charge in [0.1, 0.15) is 18.2 Å². The highest BCUT2D eigenvalue weighted by Crippen LogP contribution is 2.33. The topological polar surface area (TPSA) is 47.4 Å². The minimum absolute atomic E-state index is 0.0494. The summed E-state index contributed by atoms with van der Waals surface area (Å²) in [5.74, 6) is 2.00. The minimum atomic E-state index is 0.0494. The Balaban J connectivity index is 1.62. The van der Waals surface area contributed by atoms with Crippen molar-refractivity contribution in [3.8, 4) is 5.75 Å². The zero-order chi connectivity index (χ0) is 18.8. The highest BCUT2D eigenvalue weighted by molar-refractivity contribution is 5.77. The lowest BCUT2D eigenvalue weighted by molar-refractivity contribution is -0.129. The normalized spacial score (nSPS) is 16.8. The fourth-order valence-electron chi connectivity index (χ4n) is 3.96. The molecular formula is C22H25N3O2. The number of rotatable bonds is 5. The summed E-state index contributed by atoms with van der Waals surface area (Å²) < 4.78 is 8.24. The molecule has 4 rings (SSSR count). The average Bonchev–Trinajstić information content (AvgIpc) is 3.28. The molecule has 0 unspecified atom stereocenters. The Kier molecular flexibility index (Phi) is 4.84. The molecule has 1 amide bonds. The number of carbonyl (C=O) groups excluding carboxylic acids is 1. The number of likely N-dealkylation sites (tertiary alicyclic amines) is 1. The van der Waals surface area contributed by atoms with Gasteiger partial charge in [0.25, 0.3) is 0 Å². The van der Waals surface area contributed by atoms with E-state index in [4.69, 9.17) is 9.72 Å². The van der Waals surface area contributed by atoms with Crippen molar-refractivity contribution in [2.45, 2.75) is 39.3 Å². The van der Waals surface area contributed by atoms with E-state index in [1.165, 1.54) is 0 Å². The third-order valence-corrected chi connectivity index (χ3v) is 5.31. The van der Waals surface area contributed by atoms with Crippen LogP contribution in [-0.4, -0.2) is 33.5 Å². The molecule has 1 aromatic heterocycles. The number of fused-ring (bicyclic) bond motifs is 1. The van der Waals surface area contributed by atoms with Gasteiger partial charge in [0.2, 0.25) is 5.91 Å². The Bertz CT molecular complexity index is 963. The van der Waals surface area contributed by atoms with Crippen LogP contribution in [0, 0.1) is 6.92 Å². The number of ether oxygens (including phenoxy) is 1. The largest absolute Gasteiger partial charge is 0.491 e. The number of hydrogen-bond donors (Lipinski definition) is 0. The van der Waals surface area contributed by atoms with Crippen molar-refractivity contribution < 1.29 is 9.53 Å². The Labute approximate surface area is 159 Å². The number of aryl methyl sites for hydroxylation is 1. The first-order chi connectivity index (χ1) is 13.1. The van der Waals surface area contributed by atoms with E-state index in [0.29, 0.717) is 13.2 Å². The first-order valence-corrected chi connectivity index (χ1v) is 9.56. The monoisotopic (exact) mass is 363 g/mol. The number of aromatic nitrogens is 2. The van der Waals surface area contributed by atoms with Crippen LogP contribution < -0.4 is 4.74 Å². The van der Waals surface area contributed by atoms with Crippen molar-refractivity contribution in [2.75, 3.05) is 13.2 Å². The maximum absolute atomic E-state index is 12.1.